The van der Waals surface area contributed by atoms with Crippen molar-refractivity contribution in [3.05, 3.63) is 59.2 Å². The van der Waals surface area contributed by atoms with Crippen LogP contribution in [-0.4, -0.2) is 24.8 Å². The number of benzene rings is 2. The highest BCUT2D eigenvalue weighted by atomic mass is 16.5. The number of amides is 1. The smallest absolute Gasteiger partial charge is 0.299 e. The van der Waals surface area contributed by atoms with E-state index in [2.05, 4.69) is 26.0 Å². The molecule has 1 aliphatic rings. The number of para-hydroxylation sites is 1. The van der Waals surface area contributed by atoms with E-state index in [9.17, 15) is 9.59 Å². The Morgan fingerprint density at radius 3 is 2.58 bits per heavy atom. The second kappa shape index (κ2) is 6.48. The molecule has 0 atom stereocenters. The van der Waals surface area contributed by atoms with Crippen LogP contribution < -0.4 is 9.64 Å². The first-order valence-corrected chi connectivity index (χ1v) is 8.17. The summed E-state index contributed by atoms with van der Waals surface area (Å²) in [6, 6.07) is 13.2. The molecule has 1 heterocycles. The molecule has 0 fully saturated rings. The third kappa shape index (κ3) is 2.92. The summed E-state index contributed by atoms with van der Waals surface area (Å²) in [6.07, 6.45) is 0. The van der Waals surface area contributed by atoms with Gasteiger partial charge in [0.1, 0.15) is 12.4 Å². The first kappa shape index (κ1) is 16.2. The van der Waals surface area contributed by atoms with Crippen LogP contribution in [0.3, 0.4) is 0 Å². The van der Waals surface area contributed by atoms with Gasteiger partial charge in [-0.3, -0.25) is 9.59 Å². The fraction of sp³-hybridized carbons (Fsp3) is 0.300. The molecule has 2 aromatic carbocycles. The van der Waals surface area contributed by atoms with Crippen LogP contribution in [0.25, 0.3) is 0 Å². The van der Waals surface area contributed by atoms with Gasteiger partial charge < -0.3 is 9.64 Å². The minimum absolute atomic E-state index is 0.344. The van der Waals surface area contributed by atoms with Crippen molar-refractivity contribution in [3.8, 4) is 5.75 Å². The largest absolute Gasteiger partial charge is 0.491 e. The van der Waals surface area contributed by atoms with Gasteiger partial charge in [0.25, 0.3) is 11.7 Å². The molecule has 4 heteroatoms. The van der Waals surface area contributed by atoms with E-state index in [-0.39, 0.29) is 0 Å². The zero-order chi connectivity index (χ0) is 17.3. The number of fused-ring (bicyclic) bond motifs is 1. The molecule has 0 N–H and O–H groups in total. The molecule has 0 spiro atoms. The second-order valence-electron chi connectivity index (χ2n) is 6.35. The lowest BCUT2D eigenvalue weighted by atomic mass is 10.0. The molecular weight excluding hydrogens is 302 g/mol. The molecule has 0 unspecified atom stereocenters. The van der Waals surface area contributed by atoms with Gasteiger partial charge in [-0.15, -0.1) is 0 Å². The van der Waals surface area contributed by atoms with Crippen LogP contribution in [-0.2, 0) is 4.79 Å². The highest BCUT2D eigenvalue weighted by Crippen LogP contribution is 2.29. The summed E-state index contributed by atoms with van der Waals surface area (Å²) in [7, 11) is 0. The zero-order valence-electron chi connectivity index (χ0n) is 14.2. The maximum Gasteiger partial charge on any atom is 0.299 e. The molecule has 4 nitrogen and oxygen atoms in total. The number of hydrogen-bond donors (Lipinski definition) is 0. The average Bonchev–Trinajstić information content (AvgIpc) is 2.80. The predicted octanol–water partition coefficient (Wildman–Crippen LogP) is 3.73. The number of ether oxygens (including phenoxy) is 1. The Morgan fingerprint density at radius 2 is 1.83 bits per heavy atom. The van der Waals surface area contributed by atoms with Gasteiger partial charge in [-0.1, -0.05) is 38.1 Å². The zero-order valence-corrected chi connectivity index (χ0v) is 14.2. The number of rotatable bonds is 5. The number of aryl methyl sites for hydroxylation is 1. The summed E-state index contributed by atoms with van der Waals surface area (Å²) < 4.78 is 5.93. The molecule has 0 aliphatic carbocycles. The fourth-order valence-corrected chi connectivity index (χ4v) is 2.96. The first-order valence-electron chi connectivity index (χ1n) is 8.17. The van der Waals surface area contributed by atoms with Crippen LogP contribution >= 0.6 is 0 Å². The van der Waals surface area contributed by atoms with Crippen LogP contribution in [0.2, 0.25) is 0 Å². The molecule has 0 saturated heterocycles. The Balaban J connectivity index is 1.73. The molecule has 1 amide bonds. The number of nitrogens with zero attached hydrogens (tertiary/aromatic N) is 1. The molecular formula is C20H21NO3. The fourth-order valence-electron chi connectivity index (χ4n) is 2.96. The number of anilines is 1. The Bertz CT molecular complexity index is 795. The Morgan fingerprint density at radius 1 is 1.08 bits per heavy atom. The summed E-state index contributed by atoms with van der Waals surface area (Å²) in [4.78, 5) is 25.7. The van der Waals surface area contributed by atoms with Crippen molar-refractivity contribution in [3.63, 3.8) is 0 Å². The van der Waals surface area contributed by atoms with Crippen molar-refractivity contribution in [1.82, 2.24) is 0 Å². The molecule has 0 saturated carbocycles. The van der Waals surface area contributed by atoms with Crippen LogP contribution in [0.15, 0.2) is 42.5 Å². The van der Waals surface area contributed by atoms with Gasteiger partial charge >= 0.3 is 0 Å². The first-order chi connectivity index (χ1) is 11.5. The van der Waals surface area contributed by atoms with E-state index < -0.39 is 11.7 Å². The third-order valence-corrected chi connectivity index (χ3v) is 4.24. The van der Waals surface area contributed by atoms with Crippen molar-refractivity contribution >= 4 is 17.4 Å². The van der Waals surface area contributed by atoms with E-state index in [0.29, 0.717) is 30.3 Å². The van der Waals surface area contributed by atoms with E-state index in [0.717, 1.165) is 16.9 Å². The Hall–Kier alpha value is -2.62. The summed E-state index contributed by atoms with van der Waals surface area (Å²) in [5.74, 6) is 0.282. The van der Waals surface area contributed by atoms with Crippen molar-refractivity contribution in [2.24, 2.45) is 0 Å². The van der Waals surface area contributed by atoms with Crippen molar-refractivity contribution < 1.29 is 14.3 Å². The lowest BCUT2D eigenvalue weighted by Gasteiger charge is -2.19. The van der Waals surface area contributed by atoms with E-state index in [1.54, 1.807) is 18.2 Å². The molecule has 0 bridgehead atoms. The number of carbonyl (C=O) groups is 2. The quantitative estimate of drug-likeness (QED) is 0.788. The number of hydrogen-bond acceptors (Lipinski definition) is 3. The highest BCUT2D eigenvalue weighted by molar-refractivity contribution is 6.52. The minimum atomic E-state index is -0.479. The molecule has 0 aromatic heterocycles. The lowest BCUT2D eigenvalue weighted by molar-refractivity contribution is -0.114. The average molecular weight is 323 g/mol. The maximum absolute atomic E-state index is 12.2. The van der Waals surface area contributed by atoms with Crippen molar-refractivity contribution in [1.29, 1.82) is 0 Å². The number of Topliss-reactive ketones (excluding diaryl/α,β-unsaturated/α-hetero) is 1. The van der Waals surface area contributed by atoms with E-state index in [1.807, 2.05) is 19.1 Å². The predicted molar refractivity (Wildman–Crippen MR) is 93.9 cm³/mol. The van der Waals surface area contributed by atoms with Gasteiger partial charge in [0.2, 0.25) is 0 Å². The SMILES string of the molecule is Cc1ccc(C(C)C)c(OCCN2C(=O)C(=O)c3ccccc32)c1. The Kier molecular flexibility index (Phi) is 4.38. The van der Waals surface area contributed by atoms with Gasteiger partial charge in [-0.2, -0.15) is 0 Å². The van der Waals surface area contributed by atoms with E-state index in [1.165, 1.54) is 4.90 Å². The minimum Gasteiger partial charge on any atom is -0.491 e. The molecule has 24 heavy (non-hydrogen) atoms. The van der Waals surface area contributed by atoms with Crippen LogP contribution in [0.4, 0.5) is 5.69 Å². The van der Waals surface area contributed by atoms with Gasteiger partial charge in [-0.05, 0) is 42.2 Å². The number of carbonyl (C=O) groups excluding carboxylic acids is 2. The summed E-state index contributed by atoms with van der Waals surface area (Å²) in [6.45, 7) is 6.96. The van der Waals surface area contributed by atoms with Crippen LogP contribution in [0, 0.1) is 6.92 Å². The normalized spacial score (nSPS) is 13.6. The highest BCUT2D eigenvalue weighted by Gasteiger charge is 2.35. The maximum atomic E-state index is 12.2. The molecule has 0 radical (unpaired) electrons. The van der Waals surface area contributed by atoms with E-state index in [4.69, 9.17) is 4.74 Å². The topological polar surface area (TPSA) is 46.6 Å². The third-order valence-electron chi connectivity index (χ3n) is 4.24. The standard InChI is InChI=1S/C20H21NO3/c1-13(2)15-9-8-14(3)12-18(15)24-11-10-21-17-7-5-4-6-16(17)19(22)20(21)23/h4-9,12-13H,10-11H2,1-3H3. The molecule has 3 rings (SSSR count). The van der Waals surface area contributed by atoms with Crippen molar-refractivity contribution in [2.45, 2.75) is 26.7 Å². The van der Waals surface area contributed by atoms with Crippen LogP contribution in [0.5, 0.6) is 5.75 Å². The second-order valence-corrected chi connectivity index (χ2v) is 6.35. The molecule has 124 valence electrons. The van der Waals surface area contributed by atoms with E-state index >= 15 is 0 Å². The molecule has 2 aromatic rings. The van der Waals surface area contributed by atoms with Crippen molar-refractivity contribution in [2.75, 3.05) is 18.1 Å². The van der Waals surface area contributed by atoms with Gasteiger partial charge in [0.15, 0.2) is 0 Å². The lowest BCUT2D eigenvalue weighted by Crippen LogP contribution is -2.33. The monoisotopic (exact) mass is 323 g/mol. The van der Waals surface area contributed by atoms with Gasteiger partial charge in [-0.25, -0.2) is 0 Å². The summed E-state index contributed by atoms with van der Waals surface area (Å²) in [5.41, 5.74) is 3.42. The van der Waals surface area contributed by atoms with Gasteiger partial charge in [0, 0.05) is 0 Å². The Labute approximate surface area is 142 Å². The van der Waals surface area contributed by atoms with Crippen LogP contribution in [0.1, 0.15) is 41.3 Å². The summed E-state index contributed by atoms with van der Waals surface area (Å²) >= 11 is 0. The number of ketones is 1. The summed E-state index contributed by atoms with van der Waals surface area (Å²) in [5, 5.41) is 0. The van der Waals surface area contributed by atoms with Gasteiger partial charge in [0.05, 0.1) is 17.8 Å². The molecule has 1 aliphatic heterocycles.